The molecule has 1 amide bonds. The number of amides is 1. The summed E-state index contributed by atoms with van der Waals surface area (Å²) < 4.78 is 69.2. The van der Waals surface area contributed by atoms with Crippen LogP contribution in [0.25, 0.3) is 0 Å². The number of benzene rings is 1. The van der Waals surface area contributed by atoms with Crippen LogP contribution in [-0.4, -0.2) is 29.8 Å². The Hall–Kier alpha value is -2.02. The van der Waals surface area contributed by atoms with E-state index in [0.29, 0.717) is 0 Å². The number of hydrogen-bond donors (Lipinski definition) is 5. The minimum absolute atomic E-state index is 0.0633. The van der Waals surface area contributed by atoms with Gasteiger partial charge in [-0.05, 0) is 12.1 Å². The van der Waals surface area contributed by atoms with Crippen molar-refractivity contribution in [1.29, 1.82) is 0 Å². The van der Waals surface area contributed by atoms with Gasteiger partial charge in [0.2, 0.25) is 0 Å². The molecule has 126 valence electrons. The Bertz CT molecular complexity index is 636. The molecule has 5 N–H and O–H groups in total. The number of para-hydroxylation sites is 1. The smallest absolute Gasteiger partial charge is 0.371 e. The molecule has 0 bridgehead atoms. The Morgan fingerprint density at radius 1 is 0.957 bits per heavy atom. The summed E-state index contributed by atoms with van der Waals surface area (Å²) in [5.41, 5.74) is 1.60. The van der Waals surface area contributed by atoms with Crippen molar-refractivity contribution in [2.75, 3.05) is 0 Å². The number of alkyl halides is 5. The largest absolute Gasteiger partial charge is 0.403 e. The Balaban J connectivity index is 1.80. The van der Waals surface area contributed by atoms with Gasteiger partial charge in [-0.2, -0.15) is 23.8 Å². The molecule has 2 fully saturated rings. The molecule has 2 saturated heterocycles. The lowest BCUT2D eigenvalue weighted by Gasteiger charge is -2.42. The Kier molecular flexibility index (Phi) is 3.27. The molecule has 3 rings (SSSR count). The molecule has 3 atom stereocenters. The van der Waals surface area contributed by atoms with Crippen LogP contribution in [-0.2, 0) is 4.79 Å². The van der Waals surface area contributed by atoms with E-state index >= 15 is 0 Å². The van der Waals surface area contributed by atoms with Crippen molar-refractivity contribution < 1.29 is 31.6 Å². The van der Waals surface area contributed by atoms with E-state index in [1.54, 1.807) is 11.5 Å². The summed E-state index contributed by atoms with van der Waals surface area (Å²) >= 11 is 0. The molecule has 0 saturated carbocycles. The summed E-state index contributed by atoms with van der Waals surface area (Å²) in [5.74, 6) is -9.83. The molecule has 0 radical (unpaired) electrons. The summed E-state index contributed by atoms with van der Waals surface area (Å²) in [4.78, 5) is 16.3. The second kappa shape index (κ2) is 4.74. The Labute approximate surface area is 125 Å². The van der Waals surface area contributed by atoms with Gasteiger partial charge in [-0.1, -0.05) is 23.7 Å². The predicted molar refractivity (Wildman–Crippen MR) is 64.2 cm³/mol. The number of rotatable bonds is 3. The molecule has 2 aliphatic heterocycles. The third kappa shape index (κ3) is 2.59. The maximum Gasteiger partial charge on any atom is 0.371 e. The number of carbonyl (C=O) groups excluding carboxylic acids is 1. The number of hydroxylamine groups is 1. The van der Waals surface area contributed by atoms with Crippen LogP contribution in [0.2, 0.25) is 0 Å². The fourth-order valence-corrected chi connectivity index (χ4v) is 2.15. The lowest BCUT2D eigenvalue weighted by atomic mass is 10.1. The van der Waals surface area contributed by atoms with Gasteiger partial charge in [0.05, 0.1) is 0 Å². The highest BCUT2D eigenvalue weighted by Gasteiger charge is 2.76. The molecule has 2 heterocycles. The summed E-state index contributed by atoms with van der Waals surface area (Å²) in [5, 5.41) is 4.22. The minimum Gasteiger partial charge on any atom is -0.403 e. The molecule has 23 heavy (non-hydrogen) atoms. The van der Waals surface area contributed by atoms with Crippen molar-refractivity contribution >= 4 is 5.91 Å². The van der Waals surface area contributed by atoms with E-state index < -0.39 is 29.8 Å². The number of fused-ring (bicyclic) bond motifs is 1. The first-order valence-electron chi connectivity index (χ1n) is 6.22. The normalized spacial score (nSPS) is 38.7. The van der Waals surface area contributed by atoms with Gasteiger partial charge in [0.25, 0.3) is 11.8 Å². The standard InChI is InChI=1S/C11H10F5N5O2/c12-8-7(22)17-11(16,21-23-6-4-2-1-3-5-6)20-9(8,13)19-10(14,15)18-8/h1-5,18-21H,(H,17,22). The second-order valence-electron chi connectivity index (χ2n) is 4.90. The topological polar surface area (TPSA) is 86.5 Å². The molecular weight excluding hydrogens is 329 g/mol. The van der Waals surface area contributed by atoms with E-state index in [9.17, 15) is 26.7 Å². The van der Waals surface area contributed by atoms with Gasteiger partial charge in [0.15, 0.2) is 0 Å². The highest BCUT2D eigenvalue weighted by Crippen LogP contribution is 2.39. The summed E-state index contributed by atoms with van der Waals surface area (Å²) in [6, 6.07) is 4.09. The molecule has 7 nitrogen and oxygen atoms in total. The average Bonchev–Trinajstić information content (AvgIpc) is 2.63. The molecule has 0 aromatic heterocycles. The van der Waals surface area contributed by atoms with Gasteiger partial charge in [-0.15, -0.1) is 0 Å². The van der Waals surface area contributed by atoms with Crippen LogP contribution >= 0.6 is 0 Å². The fourth-order valence-electron chi connectivity index (χ4n) is 2.15. The quantitative estimate of drug-likeness (QED) is 0.301. The van der Waals surface area contributed by atoms with Crippen molar-refractivity contribution in [2.45, 2.75) is 23.9 Å². The zero-order valence-corrected chi connectivity index (χ0v) is 11.1. The minimum atomic E-state index is -4.29. The van der Waals surface area contributed by atoms with Gasteiger partial charge in [-0.3, -0.25) is 10.1 Å². The summed E-state index contributed by atoms with van der Waals surface area (Å²) in [6.07, 6.45) is -4.29. The molecule has 1 aromatic rings. The summed E-state index contributed by atoms with van der Waals surface area (Å²) in [6.45, 7) is 0. The third-order valence-corrected chi connectivity index (χ3v) is 3.13. The zero-order chi connectivity index (χ0) is 16.9. The van der Waals surface area contributed by atoms with Crippen molar-refractivity contribution in [2.24, 2.45) is 0 Å². The third-order valence-electron chi connectivity index (χ3n) is 3.13. The number of halogens is 5. The van der Waals surface area contributed by atoms with E-state index in [1.807, 2.05) is 0 Å². The first kappa shape index (κ1) is 15.9. The fraction of sp³-hybridized carbons (Fsp3) is 0.364. The van der Waals surface area contributed by atoms with E-state index in [0.717, 1.165) is 10.6 Å². The molecule has 3 unspecified atom stereocenters. The van der Waals surface area contributed by atoms with Crippen molar-refractivity contribution in [3.63, 3.8) is 0 Å². The highest BCUT2D eigenvalue weighted by atomic mass is 19.3. The first-order valence-corrected chi connectivity index (χ1v) is 6.22. The van der Waals surface area contributed by atoms with Crippen LogP contribution in [0.4, 0.5) is 22.0 Å². The number of hydrogen-bond acceptors (Lipinski definition) is 6. The molecular formula is C11H10F5N5O2. The second-order valence-corrected chi connectivity index (χ2v) is 4.90. The zero-order valence-electron chi connectivity index (χ0n) is 11.1. The number of nitrogens with one attached hydrogen (secondary N) is 5. The summed E-state index contributed by atoms with van der Waals surface area (Å²) in [7, 11) is 0. The molecule has 2 aliphatic rings. The van der Waals surface area contributed by atoms with Crippen molar-refractivity contribution in [3.05, 3.63) is 30.3 Å². The van der Waals surface area contributed by atoms with Gasteiger partial charge >= 0.3 is 18.0 Å². The van der Waals surface area contributed by atoms with Gasteiger partial charge < -0.3 is 4.84 Å². The van der Waals surface area contributed by atoms with Crippen molar-refractivity contribution in [1.82, 2.24) is 26.7 Å². The maximum absolute atomic E-state index is 14.4. The maximum atomic E-state index is 14.4. The first-order chi connectivity index (χ1) is 10.6. The molecule has 1 aromatic carbocycles. The highest BCUT2D eigenvalue weighted by molar-refractivity contribution is 5.88. The molecule has 12 heteroatoms. The Morgan fingerprint density at radius 3 is 2.26 bits per heavy atom. The molecule has 0 aliphatic carbocycles. The van der Waals surface area contributed by atoms with Crippen LogP contribution in [0, 0.1) is 0 Å². The van der Waals surface area contributed by atoms with Crippen LogP contribution in [0.15, 0.2) is 30.3 Å². The van der Waals surface area contributed by atoms with Crippen LogP contribution in [0.1, 0.15) is 0 Å². The van der Waals surface area contributed by atoms with Gasteiger partial charge in [-0.25, -0.2) is 14.1 Å². The van der Waals surface area contributed by atoms with E-state index in [-0.39, 0.29) is 5.75 Å². The van der Waals surface area contributed by atoms with Crippen LogP contribution < -0.4 is 31.6 Å². The number of carbonyl (C=O) groups is 1. The Morgan fingerprint density at radius 2 is 1.61 bits per heavy atom. The lowest BCUT2D eigenvalue weighted by Crippen LogP contribution is -2.85. The van der Waals surface area contributed by atoms with Crippen LogP contribution in [0.3, 0.4) is 0 Å². The van der Waals surface area contributed by atoms with E-state index in [2.05, 4.69) is 0 Å². The van der Waals surface area contributed by atoms with E-state index in [1.165, 1.54) is 34.9 Å². The average molecular weight is 339 g/mol. The molecule has 0 spiro atoms. The monoisotopic (exact) mass is 339 g/mol. The van der Waals surface area contributed by atoms with E-state index in [4.69, 9.17) is 4.84 Å². The lowest BCUT2D eigenvalue weighted by molar-refractivity contribution is -0.201. The van der Waals surface area contributed by atoms with Crippen LogP contribution in [0.5, 0.6) is 5.75 Å². The van der Waals surface area contributed by atoms with Crippen molar-refractivity contribution in [3.8, 4) is 5.75 Å². The SMILES string of the molecule is O=C1NC(F)(NOc2ccccc2)NC2(F)NC(F)(F)NC12F. The van der Waals surface area contributed by atoms with Gasteiger partial charge in [0.1, 0.15) is 5.75 Å². The predicted octanol–water partition coefficient (Wildman–Crippen LogP) is -0.0976. The van der Waals surface area contributed by atoms with Gasteiger partial charge in [0, 0.05) is 0 Å².